The summed E-state index contributed by atoms with van der Waals surface area (Å²) in [6, 6.07) is 5.11. The Kier molecular flexibility index (Phi) is 4.98. The lowest BCUT2D eigenvalue weighted by atomic mass is 9.99. The zero-order valence-corrected chi connectivity index (χ0v) is 15.4. The lowest BCUT2D eigenvalue weighted by Gasteiger charge is -2.31. The van der Waals surface area contributed by atoms with Crippen LogP contribution in [0.15, 0.2) is 23.1 Å². The van der Waals surface area contributed by atoms with Crippen LogP contribution in [0.1, 0.15) is 17.5 Å². The van der Waals surface area contributed by atoms with E-state index in [1.165, 1.54) is 4.31 Å². The summed E-state index contributed by atoms with van der Waals surface area (Å²) in [7, 11) is -3.52. The molecule has 0 radical (unpaired) electrons. The number of morpholine rings is 1. The number of nitrogens with one attached hydrogen (secondary N) is 2. The zero-order chi connectivity index (χ0) is 18.1. The molecular weight excluding hydrogens is 356 g/mol. The summed E-state index contributed by atoms with van der Waals surface area (Å²) in [6.07, 6.45) is 1.52. The van der Waals surface area contributed by atoms with Crippen LogP contribution in [0.25, 0.3) is 0 Å². The fourth-order valence-electron chi connectivity index (χ4n) is 3.71. The van der Waals surface area contributed by atoms with Crippen LogP contribution < -0.4 is 10.9 Å². The van der Waals surface area contributed by atoms with E-state index in [9.17, 15) is 13.2 Å². The van der Waals surface area contributed by atoms with Crippen molar-refractivity contribution in [2.24, 2.45) is 0 Å². The first-order chi connectivity index (χ1) is 12.6. The van der Waals surface area contributed by atoms with Crippen LogP contribution in [-0.2, 0) is 32.5 Å². The molecule has 9 heteroatoms. The number of nitrogens with zero attached hydrogens (tertiary/aromatic N) is 2. The number of amides is 1. The predicted octanol–water partition coefficient (Wildman–Crippen LogP) is -0.541. The normalized spacial score (nSPS) is 24.5. The van der Waals surface area contributed by atoms with Gasteiger partial charge in [0.15, 0.2) is 0 Å². The maximum Gasteiger partial charge on any atom is 0.243 e. The highest BCUT2D eigenvalue weighted by Gasteiger charge is 2.31. The second-order valence-corrected chi connectivity index (χ2v) is 8.81. The molecule has 26 heavy (non-hydrogen) atoms. The maximum absolute atomic E-state index is 12.9. The van der Waals surface area contributed by atoms with Gasteiger partial charge in [-0.05, 0) is 36.1 Å². The number of rotatable bonds is 3. The number of sulfonamides is 1. The molecule has 1 aromatic carbocycles. The summed E-state index contributed by atoms with van der Waals surface area (Å²) in [5, 5.41) is 0. The van der Waals surface area contributed by atoms with Crippen LogP contribution in [0.5, 0.6) is 0 Å². The number of benzene rings is 1. The van der Waals surface area contributed by atoms with Crippen molar-refractivity contribution >= 4 is 15.9 Å². The Morgan fingerprint density at radius 3 is 2.69 bits per heavy atom. The van der Waals surface area contributed by atoms with Gasteiger partial charge in [-0.25, -0.2) is 13.8 Å². The molecule has 2 fully saturated rings. The number of ether oxygens (including phenoxy) is 1. The molecule has 1 atom stereocenters. The second-order valence-electron chi connectivity index (χ2n) is 6.87. The minimum Gasteiger partial charge on any atom is -0.379 e. The first-order valence-corrected chi connectivity index (χ1v) is 10.5. The number of hydrogen-bond acceptors (Lipinski definition) is 6. The van der Waals surface area contributed by atoms with Crippen LogP contribution in [-0.4, -0.2) is 69.0 Å². The highest BCUT2D eigenvalue weighted by atomic mass is 32.2. The molecule has 0 aromatic heterocycles. The summed E-state index contributed by atoms with van der Waals surface area (Å²) in [6.45, 7) is 3.51. The number of carbonyl (C=O) groups excluding carboxylic acids is 1. The topological polar surface area (TPSA) is 91.0 Å². The average Bonchev–Trinajstić information content (AvgIpc) is 3.22. The Hall–Kier alpha value is -1.52. The van der Waals surface area contributed by atoms with Crippen molar-refractivity contribution in [3.8, 4) is 0 Å². The predicted molar refractivity (Wildman–Crippen MR) is 94.7 cm³/mol. The number of carbonyl (C=O) groups is 1. The van der Waals surface area contributed by atoms with Crippen molar-refractivity contribution in [1.82, 2.24) is 20.1 Å². The first-order valence-electron chi connectivity index (χ1n) is 9.02. The van der Waals surface area contributed by atoms with Crippen molar-refractivity contribution in [1.29, 1.82) is 0 Å². The van der Waals surface area contributed by atoms with Crippen molar-refractivity contribution in [3.63, 3.8) is 0 Å². The molecule has 0 bridgehead atoms. The fraction of sp³-hybridized carbons (Fsp3) is 0.588. The van der Waals surface area contributed by atoms with Crippen LogP contribution in [0.3, 0.4) is 0 Å². The van der Waals surface area contributed by atoms with Gasteiger partial charge in [0.2, 0.25) is 15.9 Å². The zero-order valence-electron chi connectivity index (χ0n) is 14.6. The van der Waals surface area contributed by atoms with Gasteiger partial charge >= 0.3 is 0 Å². The molecule has 0 spiro atoms. The number of hydrazine groups is 1. The summed E-state index contributed by atoms with van der Waals surface area (Å²) >= 11 is 0. The van der Waals surface area contributed by atoms with Gasteiger partial charge in [0.1, 0.15) is 6.04 Å². The summed E-state index contributed by atoms with van der Waals surface area (Å²) in [5.74, 6) is 0.0714. The van der Waals surface area contributed by atoms with E-state index in [1.54, 1.807) is 12.1 Å². The second kappa shape index (κ2) is 7.24. The van der Waals surface area contributed by atoms with Crippen molar-refractivity contribution < 1.29 is 17.9 Å². The van der Waals surface area contributed by atoms with E-state index in [0.717, 1.165) is 30.5 Å². The maximum atomic E-state index is 12.9. The first kappa shape index (κ1) is 17.9. The van der Waals surface area contributed by atoms with Gasteiger partial charge in [-0.2, -0.15) is 4.31 Å². The Bertz CT molecular complexity index is 786. The SMILES string of the molecule is O=C(C1CCNN1)N1CCc2ccc(S(=O)(=O)N3CCOCC3)cc2C1. The van der Waals surface area contributed by atoms with Crippen LogP contribution in [0.2, 0.25) is 0 Å². The number of fused-ring (bicyclic) bond motifs is 1. The standard InChI is InChI=1S/C17H24N4O4S/c22-17(16-3-5-18-19-16)20-6-4-13-1-2-15(11-14(13)12-20)26(23,24)21-7-9-25-10-8-21/h1-2,11,16,18-19H,3-10,12H2. The minimum absolute atomic E-state index is 0.0714. The Morgan fingerprint density at radius 2 is 1.96 bits per heavy atom. The van der Waals surface area contributed by atoms with Crippen molar-refractivity contribution in [2.45, 2.75) is 30.3 Å². The summed E-state index contributed by atoms with van der Waals surface area (Å²) in [5.41, 5.74) is 8.02. The Morgan fingerprint density at radius 1 is 1.15 bits per heavy atom. The molecule has 2 N–H and O–H groups in total. The van der Waals surface area contributed by atoms with E-state index in [4.69, 9.17) is 4.74 Å². The third kappa shape index (κ3) is 3.37. The summed E-state index contributed by atoms with van der Waals surface area (Å²) in [4.78, 5) is 14.7. The van der Waals surface area contributed by atoms with Gasteiger partial charge in [-0.15, -0.1) is 0 Å². The largest absolute Gasteiger partial charge is 0.379 e. The molecule has 3 heterocycles. The third-order valence-electron chi connectivity index (χ3n) is 5.24. The monoisotopic (exact) mass is 380 g/mol. The molecule has 0 aliphatic carbocycles. The van der Waals surface area contributed by atoms with Crippen LogP contribution >= 0.6 is 0 Å². The molecule has 1 unspecified atom stereocenters. The van der Waals surface area contributed by atoms with Crippen molar-refractivity contribution in [3.05, 3.63) is 29.3 Å². The lowest BCUT2D eigenvalue weighted by molar-refractivity contribution is -0.134. The smallest absolute Gasteiger partial charge is 0.243 e. The van der Waals surface area contributed by atoms with E-state index < -0.39 is 10.0 Å². The van der Waals surface area contributed by atoms with Gasteiger partial charge in [-0.1, -0.05) is 6.07 Å². The highest BCUT2D eigenvalue weighted by molar-refractivity contribution is 7.89. The molecular formula is C17H24N4O4S. The lowest BCUT2D eigenvalue weighted by Crippen LogP contribution is -2.47. The van der Waals surface area contributed by atoms with E-state index in [0.29, 0.717) is 44.3 Å². The number of hydrogen-bond donors (Lipinski definition) is 2. The van der Waals surface area contributed by atoms with Gasteiger partial charge in [0, 0.05) is 32.7 Å². The third-order valence-corrected chi connectivity index (χ3v) is 7.14. The van der Waals surface area contributed by atoms with Crippen LogP contribution in [0.4, 0.5) is 0 Å². The molecule has 3 aliphatic heterocycles. The quantitative estimate of drug-likeness (QED) is 0.732. The molecule has 8 nitrogen and oxygen atoms in total. The molecule has 4 rings (SSSR count). The molecule has 0 saturated carbocycles. The van der Waals surface area contributed by atoms with Gasteiger partial charge in [-0.3, -0.25) is 10.2 Å². The molecule has 1 amide bonds. The molecule has 3 aliphatic rings. The Labute approximate surface area is 153 Å². The van der Waals surface area contributed by atoms with Crippen molar-refractivity contribution in [2.75, 3.05) is 39.4 Å². The minimum atomic E-state index is -3.52. The molecule has 1 aromatic rings. The molecule has 142 valence electrons. The van der Waals surface area contributed by atoms with Crippen LogP contribution in [0, 0.1) is 0 Å². The molecule has 2 saturated heterocycles. The summed E-state index contributed by atoms with van der Waals surface area (Å²) < 4.78 is 32.5. The van der Waals surface area contributed by atoms with Gasteiger partial charge in [0.05, 0.1) is 18.1 Å². The van der Waals surface area contributed by atoms with Gasteiger partial charge < -0.3 is 9.64 Å². The van der Waals surface area contributed by atoms with E-state index in [-0.39, 0.29) is 11.9 Å². The van der Waals surface area contributed by atoms with E-state index in [2.05, 4.69) is 10.9 Å². The Balaban J connectivity index is 1.54. The average molecular weight is 380 g/mol. The van der Waals surface area contributed by atoms with E-state index >= 15 is 0 Å². The van der Waals surface area contributed by atoms with E-state index in [1.807, 2.05) is 11.0 Å². The fourth-order valence-corrected chi connectivity index (χ4v) is 5.17. The highest BCUT2D eigenvalue weighted by Crippen LogP contribution is 2.25. The van der Waals surface area contributed by atoms with Gasteiger partial charge in [0.25, 0.3) is 0 Å².